The third-order valence-electron chi connectivity index (χ3n) is 2.97. The van der Waals surface area contributed by atoms with Crippen LogP contribution in [0.1, 0.15) is 77.6 Å². The van der Waals surface area contributed by atoms with Gasteiger partial charge in [-0.1, -0.05) is 64.0 Å². The summed E-state index contributed by atoms with van der Waals surface area (Å²) in [6.45, 7) is 3.11. The van der Waals surface area contributed by atoms with Gasteiger partial charge in [-0.15, -0.1) is 0 Å². The molecule has 0 fully saturated rings. The molecule has 0 aliphatic carbocycles. The summed E-state index contributed by atoms with van der Waals surface area (Å²) in [7, 11) is 0. The summed E-state index contributed by atoms with van der Waals surface area (Å²) in [5, 5.41) is 0. The predicted molar refractivity (Wildman–Crippen MR) is 74.7 cm³/mol. The van der Waals surface area contributed by atoms with Crippen LogP contribution >= 0.6 is 0 Å². The van der Waals surface area contributed by atoms with Gasteiger partial charge in [0.05, 0.1) is 0 Å². The molecule has 0 heterocycles. The molecule has 0 rings (SSSR count). The quantitative estimate of drug-likeness (QED) is 0.374. The lowest BCUT2D eigenvalue weighted by Gasteiger charge is -1.99. The fourth-order valence-corrected chi connectivity index (χ4v) is 1.85. The van der Waals surface area contributed by atoms with Gasteiger partial charge in [0.25, 0.3) is 0 Å². The largest absolute Gasteiger partial charge is 0.330 e. The molecule has 0 saturated heterocycles. The normalized spacial score (nSPS) is 11.4. The summed E-state index contributed by atoms with van der Waals surface area (Å²) >= 11 is 0. The van der Waals surface area contributed by atoms with Gasteiger partial charge in [-0.05, 0) is 32.2 Å². The first-order chi connectivity index (χ1) is 7.91. The van der Waals surface area contributed by atoms with Crippen molar-refractivity contribution >= 4 is 0 Å². The van der Waals surface area contributed by atoms with Gasteiger partial charge in [0.1, 0.15) is 0 Å². The van der Waals surface area contributed by atoms with E-state index in [9.17, 15) is 0 Å². The lowest BCUT2D eigenvalue weighted by molar-refractivity contribution is 0.584. The van der Waals surface area contributed by atoms with Gasteiger partial charge >= 0.3 is 0 Å². The Balaban J connectivity index is 2.95. The third kappa shape index (κ3) is 13.7. The molecular formula is C15H31N. The molecule has 0 radical (unpaired) electrons. The maximum Gasteiger partial charge on any atom is -0.00773 e. The van der Waals surface area contributed by atoms with Crippen molar-refractivity contribution in [3.8, 4) is 0 Å². The first-order valence-corrected chi connectivity index (χ1v) is 7.27. The molecule has 0 aromatic carbocycles. The van der Waals surface area contributed by atoms with Crippen molar-refractivity contribution in [2.45, 2.75) is 77.6 Å². The zero-order valence-electron chi connectivity index (χ0n) is 11.2. The molecule has 16 heavy (non-hydrogen) atoms. The average Bonchev–Trinajstić information content (AvgIpc) is 2.31. The highest BCUT2D eigenvalue weighted by molar-refractivity contribution is 4.81. The van der Waals surface area contributed by atoms with Crippen LogP contribution in [0.5, 0.6) is 0 Å². The van der Waals surface area contributed by atoms with Crippen LogP contribution in [0.2, 0.25) is 0 Å². The smallest absolute Gasteiger partial charge is 0.00773 e. The number of hydrogen-bond donors (Lipinski definition) is 1. The molecule has 1 nitrogen and oxygen atoms in total. The highest BCUT2D eigenvalue weighted by Gasteiger charge is 1.90. The highest BCUT2D eigenvalue weighted by atomic mass is 14.5. The Kier molecular flexibility index (Phi) is 14.4. The van der Waals surface area contributed by atoms with Gasteiger partial charge in [0, 0.05) is 0 Å². The van der Waals surface area contributed by atoms with E-state index in [2.05, 4.69) is 19.1 Å². The Bertz CT molecular complexity index is 140. The van der Waals surface area contributed by atoms with Crippen LogP contribution in [0.4, 0.5) is 0 Å². The molecule has 0 spiro atoms. The molecule has 2 N–H and O–H groups in total. The fraction of sp³-hybridized carbons (Fsp3) is 0.867. The second kappa shape index (κ2) is 14.7. The average molecular weight is 225 g/mol. The third-order valence-corrected chi connectivity index (χ3v) is 2.97. The monoisotopic (exact) mass is 225 g/mol. The Morgan fingerprint density at radius 1 is 0.688 bits per heavy atom. The molecule has 0 atom stereocenters. The van der Waals surface area contributed by atoms with E-state index in [1.807, 2.05) is 0 Å². The molecule has 0 aliphatic heterocycles. The summed E-state index contributed by atoms with van der Waals surface area (Å²) < 4.78 is 0. The van der Waals surface area contributed by atoms with E-state index in [1.165, 1.54) is 70.6 Å². The van der Waals surface area contributed by atoms with Crippen LogP contribution in [0.25, 0.3) is 0 Å². The molecule has 1 heteroatoms. The predicted octanol–water partition coefficient (Wildman–Crippen LogP) is 4.81. The Morgan fingerprint density at radius 2 is 1.19 bits per heavy atom. The van der Waals surface area contributed by atoms with Crippen molar-refractivity contribution in [1.29, 1.82) is 0 Å². The van der Waals surface area contributed by atoms with Crippen LogP contribution in [0, 0.1) is 0 Å². The fourth-order valence-electron chi connectivity index (χ4n) is 1.85. The minimum Gasteiger partial charge on any atom is -0.330 e. The summed E-state index contributed by atoms with van der Waals surface area (Å²) in [6.07, 6.45) is 19.4. The first-order valence-electron chi connectivity index (χ1n) is 7.27. The molecule has 0 unspecified atom stereocenters. The molecule has 0 aromatic heterocycles. The lowest BCUT2D eigenvalue weighted by atomic mass is 10.1. The topological polar surface area (TPSA) is 26.0 Å². The van der Waals surface area contributed by atoms with Gasteiger partial charge in [0.15, 0.2) is 0 Å². The maximum absolute atomic E-state index is 5.45. The second-order valence-electron chi connectivity index (χ2n) is 4.67. The van der Waals surface area contributed by atoms with Gasteiger partial charge in [-0.25, -0.2) is 0 Å². The molecule has 0 aliphatic rings. The number of unbranched alkanes of at least 4 members (excludes halogenated alkanes) is 9. The van der Waals surface area contributed by atoms with Crippen LogP contribution < -0.4 is 5.73 Å². The summed E-state index contributed by atoms with van der Waals surface area (Å²) in [6, 6.07) is 0. The van der Waals surface area contributed by atoms with E-state index >= 15 is 0 Å². The molecule has 96 valence electrons. The van der Waals surface area contributed by atoms with E-state index in [-0.39, 0.29) is 0 Å². The van der Waals surface area contributed by atoms with Crippen LogP contribution in [0.15, 0.2) is 12.2 Å². The number of hydrogen-bond acceptors (Lipinski definition) is 1. The Hall–Kier alpha value is -0.300. The number of nitrogens with two attached hydrogens (primary N) is 1. The van der Waals surface area contributed by atoms with E-state index in [0.717, 1.165) is 6.54 Å². The van der Waals surface area contributed by atoms with Crippen LogP contribution in [0.3, 0.4) is 0 Å². The van der Waals surface area contributed by atoms with E-state index in [0.29, 0.717) is 0 Å². The van der Waals surface area contributed by atoms with Gasteiger partial charge in [0.2, 0.25) is 0 Å². The van der Waals surface area contributed by atoms with Crippen molar-refractivity contribution in [2.75, 3.05) is 6.54 Å². The van der Waals surface area contributed by atoms with Gasteiger partial charge in [-0.3, -0.25) is 0 Å². The molecule has 0 amide bonds. The molecule has 0 aromatic rings. The summed E-state index contributed by atoms with van der Waals surface area (Å²) in [5.41, 5.74) is 5.45. The highest BCUT2D eigenvalue weighted by Crippen LogP contribution is 2.08. The van der Waals surface area contributed by atoms with E-state index in [1.54, 1.807) is 0 Å². The lowest BCUT2D eigenvalue weighted by Crippen LogP contribution is -1.97. The number of rotatable bonds is 12. The minimum atomic E-state index is 0.864. The number of allylic oxidation sites excluding steroid dienone is 2. The van der Waals surface area contributed by atoms with Gasteiger partial charge in [-0.2, -0.15) is 0 Å². The SMILES string of the molecule is CCCCC=CCCCCCCCCCN. The first kappa shape index (κ1) is 15.7. The minimum absolute atomic E-state index is 0.864. The van der Waals surface area contributed by atoms with Crippen molar-refractivity contribution in [3.05, 3.63) is 12.2 Å². The van der Waals surface area contributed by atoms with Crippen LogP contribution in [-0.2, 0) is 0 Å². The summed E-state index contributed by atoms with van der Waals surface area (Å²) in [5.74, 6) is 0. The van der Waals surface area contributed by atoms with Crippen molar-refractivity contribution in [2.24, 2.45) is 5.73 Å². The van der Waals surface area contributed by atoms with Gasteiger partial charge < -0.3 is 5.73 Å². The van der Waals surface area contributed by atoms with Crippen molar-refractivity contribution < 1.29 is 0 Å². The maximum atomic E-state index is 5.45. The second-order valence-corrected chi connectivity index (χ2v) is 4.67. The standard InChI is InChI=1S/C15H31N/c1-2-3-4-5-6-7-8-9-10-11-12-13-14-15-16/h5-6H,2-4,7-16H2,1H3. The van der Waals surface area contributed by atoms with Crippen LogP contribution in [-0.4, -0.2) is 6.54 Å². The molecular weight excluding hydrogens is 194 g/mol. The zero-order valence-corrected chi connectivity index (χ0v) is 11.2. The van der Waals surface area contributed by atoms with Crippen molar-refractivity contribution in [1.82, 2.24) is 0 Å². The van der Waals surface area contributed by atoms with E-state index in [4.69, 9.17) is 5.73 Å². The summed E-state index contributed by atoms with van der Waals surface area (Å²) in [4.78, 5) is 0. The van der Waals surface area contributed by atoms with Crippen molar-refractivity contribution in [3.63, 3.8) is 0 Å². The van der Waals surface area contributed by atoms with E-state index < -0.39 is 0 Å². The molecule has 0 saturated carbocycles. The molecule has 0 bridgehead atoms. The Labute approximate surface area is 102 Å². The zero-order chi connectivity index (χ0) is 11.9. The Morgan fingerprint density at radius 3 is 1.75 bits per heavy atom.